The van der Waals surface area contributed by atoms with Crippen LogP contribution in [0.15, 0.2) is 229 Å². The lowest BCUT2D eigenvalue weighted by atomic mass is 9.67. The van der Waals surface area contributed by atoms with Gasteiger partial charge in [0.15, 0.2) is 17.5 Å². The second-order valence-corrected chi connectivity index (χ2v) is 15.9. The molecule has 0 fully saturated rings. The molecular formula is C58H37N3O. The van der Waals surface area contributed by atoms with Crippen LogP contribution >= 0.6 is 0 Å². The van der Waals surface area contributed by atoms with Crippen LogP contribution in [0.3, 0.4) is 0 Å². The molecule has 0 N–H and O–H groups in total. The van der Waals surface area contributed by atoms with Crippen molar-refractivity contribution in [1.82, 2.24) is 15.0 Å². The van der Waals surface area contributed by atoms with Crippen molar-refractivity contribution < 1.29 is 4.42 Å². The van der Waals surface area contributed by atoms with E-state index in [9.17, 15) is 0 Å². The standard InChI is InChI=1S/C58H37N3O/c1-4-17-38(18-5-1)40-21-14-23-42(35-40)56-59-55(39-19-6-2-7-20-39)60-57(61-56)43-24-15-22-41(36-43)46-29-16-32-53-54(46)49-37-45(33-34-52(49)62-53)58(44-25-8-3-9-26-44)50-30-12-10-27-47(50)48-28-11-13-31-51(48)58/h1-37H. The lowest BCUT2D eigenvalue weighted by molar-refractivity contribution is 0.668. The Hall–Kier alpha value is -8.21. The molecule has 2 aromatic heterocycles. The normalized spacial score (nSPS) is 12.6. The van der Waals surface area contributed by atoms with E-state index >= 15 is 0 Å². The largest absolute Gasteiger partial charge is 0.456 e. The van der Waals surface area contributed by atoms with Crippen LogP contribution in [0.1, 0.15) is 22.3 Å². The van der Waals surface area contributed by atoms with Crippen LogP contribution in [0, 0.1) is 0 Å². The molecule has 1 aliphatic rings. The zero-order valence-corrected chi connectivity index (χ0v) is 33.6. The van der Waals surface area contributed by atoms with E-state index in [2.05, 4.69) is 188 Å². The summed E-state index contributed by atoms with van der Waals surface area (Å²) in [6.45, 7) is 0. The van der Waals surface area contributed by atoms with Crippen molar-refractivity contribution in [1.29, 1.82) is 0 Å². The van der Waals surface area contributed by atoms with Crippen LogP contribution in [-0.2, 0) is 5.41 Å². The van der Waals surface area contributed by atoms with Gasteiger partial charge in [-0.1, -0.05) is 194 Å². The minimum Gasteiger partial charge on any atom is -0.456 e. The molecule has 0 spiro atoms. The van der Waals surface area contributed by atoms with Gasteiger partial charge in [-0.05, 0) is 86.0 Å². The predicted octanol–water partition coefficient (Wildman–Crippen LogP) is 14.5. The second kappa shape index (κ2) is 14.5. The van der Waals surface area contributed by atoms with E-state index < -0.39 is 5.41 Å². The van der Waals surface area contributed by atoms with Gasteiger partial charge in [0.2, 0.25) is 0 Å². The van der Waals surface area contributed by atoms with E-state index in [0.717, 1.165) is 60.9 Å². The first-order chi connectivity index (χ1) is 30.7. The van der Waals surface area contributed by atoms with Crippen molar-refractivity contribution in [3.8, 4) is 67.5 Å². The highest BCUT2D eigenvalue weighted by molar-refractivity contribution is 6.13. The summed E-state index contributed by atoms with van der Waals surface area (Å²) in [5.41, 5.74) is 15.8. The Morgan fingerprint density at radius 3 is 1.45 bits per heavy atom. The molecule has 11 aromatic rings. The smallest absolute Gasteiger partial charge is 0.164 e. The number of furan rings is 1. The van der Waals surface area contributed by atoms with Crippen molar-refractivity contribution >= 4 is 21.9 Å². The maximum Gasteiger partial charge on any atom is 0.164 e. The molecule has 0 saturated carbocycles. The van der Waals surface area contributed by atoms with Crippen LogP contribution in [-0.4, -0.2) is 15.0 Å². The Bertz CT molecular complexity index is 3420. The molecule has 4 nitrogen and oxygen atoms in total. The molecule has 0 amide bonds. The fourth-order valence-electron chi connectivity index (χ4n) is 9.66. The maximum absolute atomic E-state index is 6.66. The quantitative estimate of drug-likeness (QED) is 0.161. The van der Waals surface area contributed by atoms with Crippen molar-refractivity contribution in [3.05, 3.63) is 247 Å². The minimum absolute atomic E-state index is 0.519. The summed E-state index contributed by atoms with van der Waals surface area (Å²) in [7, 11) is 0. The van der Waals surface area contributed by atoms with E-state index in [1.165, 1.54) is 33.4 Å². The summed E-state index contributed by atoms with van der Waals surface area (Å²) in [6, 6.07) is 79.3. The Labute approximate surface area is 359 Å². The van der Waals surface area contributed by atoms with Gasteiger partial charge in [-0.15, -0.1) is 0 Å². The van der Waals surface area contributed by atoms with Gasteiger partial charge in [0, 0.05) is 27.5 Å². The molecule has 9 aromatic carbocycles. The Balaban J connectivity index is 1.03. The average Bonchev–Trinajstić information content (AvgIpc) is 3.88. The van der Waals surface area contributed by atoms with Gasteiger partial charge < -0.3 is 4.42 Å². The third kappa shape index (κ3) is 5.72. The van der Waals surface area contributed by atoms with Crippen molar-refractivity contribution in [2.45, 2.75) is 5.41 Å². The first-order valence-electron chi connectivity index (χ1n) is 21.0. The summed E-state index contributed by atoms with van der Waals surface area (Å²) in [5, 5.41) is 2.14. The van der Waals surface area contributed by atoms with E-state index in [0.29, 0.717) is 17.5 Å². The molecular weight excluding hydrogens is 755 g/mol. The van der Waals surface area contributed by atoms with Crippen molar-refractivity contribution in [2.75, 3.05) is 0 Å². The Morgan fingerprint density at radius 2 is 0.790 bits per heavy atom. The van der Waals surface area contributed by atoms with Gasteiger partial charge in [0.1, 0.15) is 11.2 Å². The van der Waals surface area contributed by atoms with Crippen molar-refractivity contribution in [2.24, 2.45) is 0 Å². The summed E-state index contributed by atoms with van der Waals surface area (Å²) in [5.74, 6) is 1.85. The second-order valence-electron chi connectivity index (χ2n) is 15.9. The molecule has 0 radical (unpaired) electrons. The highest BCUT2D eigenvalue weighted by Crippen LogP contribution is 2.56. The molecule has 12 rings (SSSR count). The third-order valence-electron chi connectivity index (χ3n) is 12.4. The lowest BCUT2D eigenvalue weighted by Crippen LogP contribution is -2.28. The van der Waals surface area contributed by atoms with Gasteiger partial charge in [0.05, 0.1) is 5.41 Å². The van der Waals surface area contributed by atoms with E-state index in [1.807, 2.05) is 36.4 Å². The van der Waals surface area contributed by atoms with E-state index in [1.54, 1.807) is 0 Å². The molecule has 0 aliphatic heterocycles. The number of fused-ring (bicyclic) bond motifs is 6. The highest BCUT2D eigenvalue weighted by Gasteiger charge is 2.46. The first-order valence-corrected chi connectivity index (χ1v) is 21.0. The molecule has 4 heteroatoms. The fourth-order valence-corrected chi connectivity index (χ4v) is 9.66. The van der Waals surface area contributed by atoms with Gasteiger partial charge in [-0.2, -0.15) is 0 Å². The van der Waals surface area contributed by atoms with Crippen LogP contribution in [0.5, 0.6) is 0 Å². The Kier molecular flexibility index (Phi) is 8.36. The lowest BCUT2D eigenvalue weighted by Gasteiger charge is -2.33. The Morgan fingerprint density at radius 1 is 0.306 bits per heavy atom. The SMILES string of the molecule is c1ccc(-c2cccc(-c3nc(-c4ccccc4)nc(-c4cccc(-c5cccc6oc7ccc(C8(c9ccccc9)c9ccccc9-c9ccccc98)cc7c56)c4)n3)c2)cc1. The monoisotopic (exact) mass is 791 g/mol. The van der Waals surface area contributed by atoms with Crippen molar-refractivity contribution in [3.63, 3.8) is 0 Å². The topological polar surface area (TPSA) is 51.8 Å². The van der Waals surface area contributed by atoms with Gasteiger partial charge in [-0.3, -0.25) is 0 Å². The van der Waals surface area contributed by atoms with Crippen LogP contribution in [0.2, 0.25) is 0 Å². The number of hydrogen-bond donors (Lipinski definition) is 0. The number of nitrogens with zero attached hydrogens (tertiary/aromatic N) is 3. The number of hydrogen-bond acceptors (Lipinski definition) is 4. The summed E-state index contributed by atoms with van der Waals surface area (Å²) < 4.78 is 6.66. The summed E-state index contributed by atoms with van der Waals surface area (Å²) >= 11 is 0. The molecule has 0 unspecified atom stereocenters. The van der Waals surface area contributed by atoms with Gasteiger partial charge >= 0.3 is 0 Å². The van der Waals surface area contributed by atoms with Crippen LogP contribution < -0.4 is 0 Å². The van der Waals surface area contributed by atoms with E-state index in [4.69, 9.17) is 19.4 Å². The molecule has 0 saturated heterocycles. The van der Waals surface area contributed by atoms with Crippen LogP contribution in [0.4, 0.5) is 0 Å². The first kappa shape index (κ1) is 35.7. The minimum atomic E-state index is -0.519. The molecule has 62 heavy (non-hydrogen) atoms. The molecule has 0 bridgehead atoms. The van der Waals surface area contributed by atoms with Gasteiger partial charge in [-0.25, -0.2) is 15.0 Å². The average molecular weight is 792 g/mol. The molecule has 290 valence electrons. The van der Waals surface area contributed by atoms with E-state index in [-0.39, 0.29) is 0 Å². The highest BCUT2D eigenvalue weighted by atomic mass is 16.3. The summed E-state index contributed by atoms with van der Waals surface area (Å²) in [4.78, 5) is 15.3. The summed E-state index contributed by atoms with van der Waals surface area (Å²) in [6.07, 6.45) is 0. The number of benzene rings is 9. The van der Waals surface area contributed by atoms with Gasteiger partial charge in [0.25, 0.3) is 0 Å². The molecule has 2 heterocycles. The zero-order chi connectivity index (χ0) is 41.0. The number of rotatable bonds is 7. The maximum atomic E-state index is 6.66. The fraction of sp³-hybridized carbons (Fsp3) is 0.0172. The van der Waals surface area contributed by atoms with Crippen LogP contribution in [0.25, 0.3) is 89.5 Å². The zero-order valence-electron chi connectivity index (χ0n) is 33.6. The predicted molar refractivity (Wildman–Crippen MR) is 252 cm³/mol. The molecule has 1 aliphatic carbocycles. The number of aromatic nitrogens is 3. The molecule has 0 atom stereocenters. The third-order valence-corrected chi connectivity index (χ3v) is 12.4.